The lowest BCUT2D eigenvalue weighted by Crippen LogP contribution is -2.06. The minimum Gasteiger partial charge on any atom is -0.381 e. The summed E-state index contributed by atoms with van der Waals surface area (Å²) >= 11 is 0. The van der Waals surface area contributed by atoms with Crippen LogP contribution in [-0.2, 0) is 17.7 Å². The number of hydrogen-bond acceptors (Lipinski definition) is 5. The van der Waals surface area contributed by atoms with E-state index in [0.717, 1.165) is 13.0 Å². The Bertz CT molecular complexity index is 250. The first-order chi connectivity index (χ1) is 6.86. The number of aromatic nitrogens is 2. The Morgan fingerprint density at radius 2 is 2.29 bits per heavy atom. The largest absolute Gasteiger partial charge is 0.381 e. The molecule has 0 aliphatic carbocycles. The fourth-order valence-electron chi connectivity index (χ4n) is 1.03. The molecule has 80 valence electrons. The Balaban J connectivity index is 2.22. The lowest BCUT2D eigenvalue weighted by Gasteiger charge is -1.97. The highest BCUT2D eigenvalue weighted by Crippen LogP contribution is 1.98. The molecule has 0 spiro atoms. The summed E-state index contributed by atoms with van der Waals surface area (Å²) < 4.78 is 10.3. The molecule has 1 aromatic heterocycles. The van der Waals surface area contributed by atoms with Gasteiger partial charge in [-0.2, -0.15) is 4.98 Å². The fourth-order valence-corrected chi connectivity index (χ4v) is 1.03. The van der Waals surface area contributed by atoms with Gasteiger partial charge in [0.2, 0.25) is 5.89 Å². The standard InChI is InChI=1S/C9H17N3O2/c1-3-5-13-6-4-9-11-8(7-10-2)12-14-9/h10H,3-7H2,1-2H3. The van der Waals surface area contributed by atoms with Crippen LogP contribution in [0.2, 0.25) is 0 Å². The van der Waals surface area contributed by atoms with Gasteiger partial charge < -0.3 is 14.6 Å². The summed E-state index contributed by atoms with van der Waals surface area (Å²) in [5.41, 5.74) is 0. The van der Waals surface area contributed by atoms with Crippen LogP contribution in [0.4, 0.5) is 0 Å². The molecule has 0 saturated carbocycles. The van der Waals surface area contributed by atoms with Crippen LogP contribution in [-0.4, -0.2) is 30.4 Å². The topological polar surface area (TPSA) is 60.2 Å². The van der Waals surface area contributed by atoms with Crippen LogP contribution in [0, 0.1) is 0 Å². The first-order valence-electron chi connectivity index (χ1n) is 4.90. The minimum absolute atomic E-state index is 0.638. The van der Waals surface area contributed by atoms with Crippen molar-refractivity contribution in [3.8, 4) is 0 Å². The maximum absolute atomic E-state index is 5.31. The van der Waals surface area contributed by atoms with E-state index in [1.54, 1.807) is 0 Å². The fraction of sp³-hybridized carbons (Fsp3) is 0.778. The zero-order valence-corrected chi connectivity index (χ0v) is 8.75. The molecule has 0 aliphatic heterocycles. The van der Waals surface area contributed by atoms with Gasteiger partial charge in [0.1, 0.15) is 0 Å². The van der Waals surface area contributed by atoms with Crippen LogP contribution in [0.1, 0.15) is 25.1 Å². The summed E-state index contributed by atoms with van der Waals surface area (Å²) in [6.07, 6.45) is 1.73. The molecule has 0 amide bonds. The van der Waals surface area contributed by atoms with E-state index >= 15 is 0 Å². The molecule has 0 radical (unpaired) electrons. The highest BCUT2D eigenvalue weighted by atomic mass is 16.5. The number of ether oxygens (including phenoxy) is 1. The minimum atomic E-state index is 0.638. The molecule has 14 heavy (non-hydrogen) atoms. The van der Waals surface area contributed by atoms with Crippen LogP contribution in [0.5, 0.6) is 0 Å². The molecule has 5 heteroatoms. The molecule has 1 heterocycles. The monoisotopic (exact) mass is 199 g/mol. The van der Waals surface area contributed by atoms with Gasteiger partial charge in [-0.05, 0) is 13.5 Å². The summed E-state index contributed by atoms with van der Waals surface area (Å²) in [5, 5.41) is 6.76. The Morgan fingerprint density at radius 1 is 1.43 bits per heavy atom. The van der Waals surface area contributed by atoms with Crippen molar-refractivity contribution in [1.29, 1.82) is 0 Å². The van der Waals surface area contributed by atoms with E-state index in [1.807, 2.05) is 7.05 Å². The van der Waals surface area contributed by atoms with Gasteiger partial charge in [0.15, 0.2) is 5.82 Å². The van der Waals surface area contributed by atoms with Crippen LogP contribution in [0.25, 0.3) is 0 Å². The molecule has 1 rings (SSSR count). The second-order valence-electron chi connectivity index (χ2n) is 3.00. The predicted molar refractivity (Wildman–Crippen MR) is 51.9 cm³/mol. The molecule has 5 nitrogen and oxygen atoms in total. The smallest absolute Gasteiger partial charge is 0.229 e. The molecule has 0 bridgehead atoms. The molecule has 1 aromatic rings. The molecule has 0 saturated heterocycles. The summed E-state index contributed by atoms with van der Waals surface area (Å²) in [6.45, 7) is 4.16. The van der Waals surface area contributed by atoms with Gasteiger partial charge in [0.05, 0.1) is 19.6 Å². The van der Waals surface area contributed by atoms with Gasteiger partial charge in [-0.1, -0.05) is 12.1 Å². The SMILES string of the molecule is CCCOCCc1nc(CNC)no1. The van der Waals surface area contributed by atoms with Crippen LogP contribution < -0.4 is 5.32 Å². The van der Waals surface area contributed by atoms with E-state index in [-0.39, 0.29) is 0 Å². The second-order valence-corrected chi connectivity index (χ2v) is 3.00. The molecule has 0 aliphatic rings. The summed E-state index contributed by atoms with van der Waals surface area (Å²) in [7, 11) is 1.85. The maximum atomic E-state index is 5.31. The Kier molecular flexibility index (Phi) is 5.17. The first kappa shape index (κ1) is 11.1. The van der Waals surface area contributed by atoms with Crippen molar-refractivity contribution in [2.24, 2.45) is 0 Å². The normalized spacial score (nSPS) is 10.7. The quantitative estimate of drug-likeness (QED) is 0.657. The van der Waals surface area contributed by atoms with Gasteiger partial charge in [-0.25, -0.2) is 0 Å². The molecule has 1 N–H and O–H groups in total. The Morgan fingerprint density at radius 3 is 3.00 bits per heavy atom. The number of nitrogens with zero attached hydrogens (tertiary/aromatic N) is 2. The Labute approximate surface area is 83.8 Å². The second kappa shape index (κ2) is 6.50. The van der Waals surface area contributed by atoms with Gasteiger partial charge in [0, 0.05) is 6.61 Å². The average Bonchev–Trinajstić information content (AvgIpc) is 2.61. The third-order valence-electron chi connectivity index (χ3n) is 1.65. The van der Waals surface area contributed by atoms with Crippen molar-refractivity contribution in [1.82, 2.24) is 15.5 Å². The van der Waals surface area contributed by atoms with Crippen LogP contribution in [0.3, 0.4) is 0 Å². The van der Waals surface area contributed by atoms with E-state index < -0.39 is 0 Å². The zero-order chi connectivity index (χ0) is 10.2. The lowest BCUT2D eigenvalue weighted by atomic mass is 10.4. The molecule has 0 unspecified atom stereocenters. The third-order valence-corrected chi connectivity index (χ3v) is 1.65. The molecule has 0 aromatic carbocycles. The van der Waals surface area contributed by atoms with Crippen LogP contribution >= 0.6 is 0 Å². The summed E-state index contributed by atoms with van der Waals surface area (Å²) in [5.74, 6) is 1.34. The number of hydrogen-bond donors (Lipinski definition) is 1. The molecular weight excluding hydrogens is 182 g/mol. The zero-order valence-electron chi connectivity index (χ0n) is 8.75. The number of nitrogens with one attached hydrogen (secondary N) is 1. The van der Waals surface area contributed by atoms with Crippen molar-refractivity contribution in [3.05, 3.63) is 11.7 Å². The molecule has 0 fully saturated rings. The van der Waals surface area contributed by atoms with Gasteiger partial charge >= 0.3 is 0 Å². The van der Waals surface area contributed by atoms with E-state index in [0.29, 0.717) is 31.3 Å². The predicted octanol–water partition coefficient (Wildman–Crippen LogP) is 0.758. The summed E-state index contributed by atoms with van der Waals surface area (Å²) in [4.78, 5) is 4.18. The summed E-state index contributed by atoms with van der Waals surface area (Å²) in [6, 6.07) is 0. The van der Waals surface area contributed by atoms with Gasteiger partial charge in [-0.15, -0.1) is 0 Å². The van der Waals surface area contributed by atoms with Crippen molar-refractivity contribution < 1.29 is 9.26 Å². The van der Waals surface area contributed by atoms with Gasteiger partial charge in [-0.3, -0.25) is 0 Å². The third kappa shape index (κ3) is 3.85. The van der Waals surface area contributed by atoms with Crippen molar-refractivity contribution >= 4 is 0 Å². The first-order valence-corrected chi connectivity index (χ1v) is 4.90. The Hall–Kier alpha value is -0.940. The van der Waals surface area contributed by atoms with Crippen molar-refractivity contribution in [2.45, 2.75) is 26.3 Å². The van der Waals surface area contributed by atoms with E-state index in [4.69, 9.17) is 9.26 Å². The number of rotatable bonds is 7. The average molecular weight is 199 g/mol. The highest BCUT2D eigenvalue weighted by Gasteiger charge is 2.04. The van der Waals surface area contributed by atoms with E-state index in [2.05, 4.69) is 22.4 Å². The van der Waals surface area contributed by atoms with Crippen molar-refractivity contribution in [2.75, 3.05) is 20.3 Å². The van der Waals surface area contributed by atoms with Crippen LogP contribution in [0.15, 0.2) is 4.52 Å². The highest BCUT2D eigenvalue weighted by molar-refractivity contribution is 4.85. The van der Waals surface area contributed by atoms with Gasteiger partial charge in [0.25, 0.3) is 0 Å². The van der Waals surface area contributed by atoms with E-state index in [9.17, 15) is 0 Å². The van der Waals surface area contributed by atoms with Crippen molar-refractivity contribution in [3.63, 3.8) is 0 Å². The van der Waals surface area contributed by atoms with E-state index in [1.165, 1.54) is 0 Å². The lowest BCUT2D eigenvalue weighted by molar-refractivity contribution is 0.132. The molecular formula is C9H17N3O2. The maximum Gasteiger partial charge on any atom is 0.229 e. The molecule has 0 atom stereocenters.